The normalized spacial score (nSPS) is 15.2. The monoisotopic (exact) mass is 466 g/mol. The SMILES string of the molecule is O=C(CN1CCN(C(=O)CNC(c2ccccc2)c2cccs2)CC1)Nc1ccc(F)cc1. The van der Waals surface area contributed by atoms with Gasteiger partial charge in [0.2, 0.25) is 11.8 Å². The fraction of sp³-hybridized carbons (Fsp3) is 0.280. The lowest BCUT2D eigenvalue weighted by Gasteiger charge is -2.34. The molecule has 6 nitrogen and oxygen atoms in total. The fourth-order valence-corrected chi connectivity index (χ4v) is 4.70. The highest BCUT2D eigenvalue weighted by Crippen LogP contribution is 2.25. The van der Waals surface area contributed by atoms with Gasteiger partial charge in [-0.1, -0.05) is 36.4 Å². The summed E-state index contributed by atoms with van der Waals surface area (Å²) in [6.45, 7) is 2.93. The zero-order valence-electron chi connectivity index (χ0n) is 18.2. The van der Waals surface area contributed by atoms with E-state index in [9.17, 15) is 14.0 Å². The van der Waals surface area contributed by atoms with E-state index in [1.807, 2.05) is 39.4 Å². The van der Waals surface area contributed by atoms with E-state index in [2.05, 4.69) is 28.8 Å². The molecule has 4 rings (SSSR count). The summed E-state index contributed by atoms with van der Waals surface area (Å²) in [6, 6.07) is 19.9. The third-order valence-electron chi connectivity index (χ3n) is 5.64. The molecule has 1 fully saturated rings. The summed E-state index contributed by atoms with van der Waals surface area (Å²) < 4.78 is 13.0. The minimum absolute atomic E-state index is 0.0217. The topological polar surface area (TPSA) is 64.7 Å². The van der Waals surface area contributed by atoms with Gasteiger partial charge in [-0.3, -0.25) is 19.8 Å². The molecule has 3 aromatic rings. The van der Waals surface area contributed by atoms with Crippen molar-refractivity contribution in [1.82, 2.24) is 15.1 Å². The quantitative estimate of drug-likeness (QED) is 0.535. The summed E-state index contributed by atoms with van der Waals surface area (Å²) in [6.07, 6.45) is 0. The molecule has 172 valence electrons. The molecule has 33 heavy (non-hydrogen) atoms. The van der Waals surface area contributed by atoms with E-state index in [0.29, 0.717) is 31.9 Å². The van der Waals surface area contributed by atoms with Crippen LogP contribution in [0.3, 0.4) is 0 Å². The number of carbonyl (C=O) groups excluding carboxylic acids is 2. The van der Waals surface area contributed by atoms with Crippen molar-refractivity contribution in [3.05, 3.63) is 88.4 Å². The van der Waals surface area contributed by atoms with E-state index in [1.54, 1.807) is 11.3 Å². The van der Waals surface area contributed by atoms with Crippen LogP contribution in [0.15, 0.2) is 72.1 Å². The molecule has 2 N–H and O–H groups in total. The molecule has 0 aliphatic carbocycles. The molecule has 0 spiro atoms. The number of thiophene rings is 1. The number of anilines is 1. The van der Waals surface area contributed by atoms with Crippen molar-refractivity contribution in [3.63, 3.8) is 0 Å². The molecule has 2 aromatic carbocycles. The van der Waals surface area contributed by atoms with E-state index in [0.717, 1.165) is 5.56 Å². The third-order valence-corrected chi connectivity index (χ3v) is 6.58. The third kappa shape index (κ3) is 6.47. The molecule has 1 aliphatic rings. The number of nitrogens with zero attached hydrogens (tertiary/aromatic N) is 2. The standard InChI is InChI=1S/C25H27FN4O2S/c26-20-8-10-21(11-9-20)28-23(31)18-29-12-14-30(15-13-29)24(32)17-27-25(22-7-4-16-33-22)19-5-2-1-3-6-19/h1-11,16,25,27H,12-15,17-18H2,(H,28,31). The van der Waals surface area contributed by atoms with Crippen LogP contribution in [0.2, 0.25) is 0 Å². The number of rotatable bonds is 8. The van der Waals surface area contributed by atoms with Gasteiger partial charge < -0.3 is 10.2 Å². The molecule has 1 aromatic heterocycles. The second-order valence-corrected chi connectivity index (χ2v) is 8.93. The van der Waals surface area contributed by atoms with Gasteiger partial charge in [0.15, 0.2) is 0 Å². The van der Waals surface area contributed by atoms with Crippen LogP contribution in [-0.4, -0.2) is 60.9 Å². The highest BCUT2D eigenvalue weighted by atomic mass is 32.1. The van der Waals surface area contributed by atoms with Crippen LogP contribution in [0, 0.1) is 5.82 Å². The number of nitrogens with one attached hydrogen (secondary N) is 2. The zero-order chi connectivity index (χ0) is 23.0. The largest absolute Gasteiger partial charge is 0.339 e. The summed E-state index contributed by atoms with van der Waals surface area (Å²) in [5.41, 5.74) is 1.70. The molecule has 2 amide bonds. The number of carbonyl (C=O) groups is 2. The van der Waals surface area contributed by atoms with E-state index in [-0.39, 0.29) is 36.8 Å². The molecule has 0 saturated carbocycles. The second-order valence-electron chi connectivity index (χ2n) is 7.95. The van der Waals surface area contributed by atoms with Gasteiger partial charge in [-0.2, -0.15) is 0 Å². The first-order valence-corrected chi connectivity index (χ1v) is 11.8. The van der Waals surface area contributed by atoms with E-state index in [4.69, 9.17) is 0 Å². The van der Waals surface area contributed by atoms with Crippen molar-refractivity contribution in [2.45, 2.75) is 6.04 Å². The van der Waals surface area contributed by atoms with Crippen LogP contribution < -0.4 is 10.6 Å². The Morgan fingerprint density at radius 2 is 1.67 bits per heavy atom. The summed E-state index contributed by atoms with van der Waals surface area (Å²) in [5, 5.41) is 8.24. The number of amides is 2. The van der Waals surface area contributed by atoms with Crippen molar-refractivity contribution >= 4 is 28.8 Å². The van der Waals surface area contributed by atoms with Gasteiger partial charge in [0.25, 0.3) is 0 Å². The molecule has 1 unspecified atom stereocenters. The lowest BCUT2D eigenvalue weighted by molar-refractivity contribution is -0.132. The van der Waals surface area contributed by atoms with Gasteiger partial charge in [0.05, 0.1) is 19.1 Å². The van der Waals surface area contributed by atoms with E-state index < -0.39 is 0 Å². The smallest absolute Gasteiger partial charge is 0.238 e. The molecule has 1 aliphatic heterocycles. The van der Waals surface area contributed by atoms with Crippen LogP contribution in [0.1, 0.15) is 16.5 Å². The average Bonchev–Trinajstić information content (AvgIpc) is 3.36. The maximum absolute atomic E-state index is 13.0. The first-order valence-electron chi connectivity index (χ1n) is 11.0. The number of halogens is 1. The summed E-state index contributed by atoms with van der Waals surface area (Å²) >= 11 is 1.67. The van der Waals surface area contributed by atoms with Crippen molar-refractivity contribution in [3.8, 4) is 0 Å². The van der Waals surface area contributed by atoms with Gasteiger partial charge in [0.1, 0.15) is 5.82 Å². The minimum atomic E-state index is -0.339. The van der Waals surface area contributed by atoms with Gasteiger partial charge in [-0.15, -0.1) is 11.3 Å². The Balaban J connectivity index is 1.24. The van der Waals surface area contributed by atoms with Crippen LogP contribution in [0.5, 0.6) is 0 Å². The van der Waals surface area contributed by atoms with Crippen molar-refractivity contribution in [1.29, 1.82) is 0 Å². The van der Waals surface area contributed by atoms with E-state index >= 15 is 0 Å². The average molecular weight is 467 g/mol. The van der Waals surface area contributed by atoms with Crippen LogP contribution in [0.25, 0.3) is 0 Å². The first-order chi connectivity index (χ1) is 16.1. The summed E-state index contributed by atoms with van der Waals surface area (Å²) in [4.78, 5) is 30.1. The molecule has 2 heterocycles. The Labute approximate surface area is 197 Å². The highest BCUT2D eigenvalue weighted by molar-refractivity contribution is 7.10. The maximum atomic E-state index is 13.0. The first kappa shape index (κ1) is 23.1. The Morgan fingerprint density at radius 1 is 0.939 bits per heavy atom. The molecule has 0 radical (unpaired) electrons. The minimum Gasteiger partial charge on any atom is -0.339 e. The van der Waals surface area contributed by atoms with Gasteiger partial charge in [0, 0.05) is 36.7 Å². The number of benzene rings is 2. The van der Waals surface area contributed by atoms with Gasteiger partial charge >= 0.3 is 0 Å². The van der Waals surface area contributed by atoms with Crippen LogP contribution in [-0.2, 0) is 9.59 Å². The summed E-state index contributed by atoms with van der Waals surface area (Å²) in [7, 11) is 0. The van der Waals surface area contributed by atoms with Gasteiger partial charge in [-0.05, 0) is 41.3 Å². The lowest BCUT2D eigenvalue weighted by Crippen LogP contribution is -2.52. The van der Waals surface area contributed by atoms with E-state index in [1.165, 1.54) is 29.1 Å². The Bertz CT molecular complexity index is 1040. The van der Waals surface area contributed by atoms with Crippen LogP contribution in [0.4, 0.5) is 10.1 Å². The fourth-order valence-electron chi connectivity index (χ4n) is 3.88. The molecular weight excluding hydrogens is 439 g/mol. The molecule has 8 heteroatoms. The second kappa shape index (κ2) is 11.2. The Morgan fingerprint density at radius 3 is 2.33 bits per heavy atom. The summed E-state index contributed by atoms with van der Waals surface area (Å²) in [5.74, 6) is -0.429. The van der Waals surface area contributed by atoms with Crippen molar-refractivity contribution in [2.24, 2.45) is 0 Å². The molecule has 1 atom stereocenters. The molecular formula is C25H27FN4O2S. The Hall–Kier alpha value is -3.07. The molecule has 0 bridgehead atoms. The highest BCUT2D eigenvalue weighted by Gasteiger charge is 2.24. The predicted molar refractivity (Wildman–Crippen MR) is 129 cm³/mol. The van der Waals surface area contributed by atoms with Gasteiger partial charge in [-0.25, -0.2) is 4.39 Å². The number of hydrogen-bond donors (Lipinski definition) is 2. The Kier molecular flexibility index (Phi) is 7.83. The maximum Gasteiger partial charge on any atom is 0.238 e. The van der Waals surface area contributed by atoms with Crippen molar-refractivity contribution in [2.75, 3.05) is 44.6 Å². The lowest BCUT2D eigenvalue weighted by atomic mass is 10.1. The van der Waals surface area contributed by atoms with Crippen molar-refractivity contribution < 1.29 is 14.0 Å². The predicted octanol–water partition coefficient (Wildman–Crippen LogP) is 3.35. The molecule has 1 saturated heterocycles. The number of piperazine rings is 1. The van der Waals surface area contributed by atoms with Crippen LogP contribution >= 0.6 is 11.3 Å². The number of hydrogen-bond acceptors (Lipinski definition) is 5. The zero-order valence-corrected chi connectivity index (χ0v) is 19.1.